The zero-order valence-electron chi connectivity index (χ0n) is 12.5. The Kier molecular flexibility index (Phi) is 5.42. The van der Waals surface area contributed by atoms with E-state index in [1.807, 2.05) is 19.1 Å². The predicted octanol–water partition coefficient (Wildman–Crippen LogP) is 4.10. The van der Waals surface area contributed by atoms with E-state index in [4.69, 9.17) is 0 Å². The molecule has 0 aliphatic carbocycles. The summed E-state index contributed by atoms with van der Waals surface area (Å²) >= 11 is 3.30. The van der Waals surface area contributed by atoms with Gasteiger partial charge in [-0.15, -0.1) is 0 Å². The molecule has 0 bridgehead atoms. The maximum atomic E-state index is 13.5. The number of hydrogen-bond donors (Lipinski definition) is 1. The number of benzene rings is 1. The molecule has 1 aromatic carbocycles. The largest absolute Gasteiger partial charge is 0.311 e. The van der Waals surface area contributed by atoms with Gasteiger partial charge in [0.25, 0.3) is 0 Å². The van der Waals surface area contributed by atoms with Crippen LogP contribution in [0.3, 0.4) is 0 Å². The van der Waals surface area contributed by atoms with Crippen LogP contribution in [-0.2, 0) is 6.54 Å². The van der Waals surface area contributed by atoms with Gasteiger partial charge in [0, 0.05) is 22.3 Å². The van der Waals surface area contributed by atoms with Crippen LogP contribution in [0.4, 0.5) is 4.39 Å². The predicted molar refractivity (Wildman–Crippen MR) is 86.4 cm³/mol. The van der Waals surface area contributed by atoms with Crippen molar-refractivity contribution >= 4 is 15.9 Å². The van der Waals surface area contributed by atoms with Gasteiger partial charge >= 0.3 is 0 Å². The molecule has 0 unspecified atom stereocenters. The summed E-state index contributed by atoms with van der Waals surface area (Å²) in [6, 6.07) is 6.64. The second-order valence-electron chi connectivity index (χ2n) is 5.51. The van der Waals surface area contributed by atoms with Crippen LogP contribution in [-0.4, -0.2) is 16.5 Å². The zero-order chi connectivity index (χ0) is 15.4. The van der Waals surface area contributed by atoms with Crippen LogP contribution in [0, 0.1) is 18.7 Å². The van der Waals surface area contributed by atoms with Gasteiger partial charge in [0.2, 0.25) is 0 Å². The summed E-state index contributed by atoms with van der Waals surface area (Å²) in [5.41, 5.74) is 2.47. The van der Waals surface area contributed by atoms with Crippen molar-refractivity contribution in [1.82, 2.24) is 15.3 Å². The molecule has 112 valence electrons. The third-order valence-corrected chi connectivity index (χ3v) is 3.34. The number of nitrogens with one attached hydrogen (secondary N) is 1. The van der Waals surface area contributed by atoms with Crippen molar-refractivity contribution in [2.24, 2.45) is 5.92 Å². The van der Waals surface area contributed by atoms with E-state index in [1.54, 1.807) is 0 Å². The van der Waals surface area contributed by atoms with Crippen molar-refractivity contribution in [3.05, 3.63) is 45.9 Å². The maximum absolute atomic E-state index is 13.5. The molecule has 1 aromatic heterocycles. The lowest BCUT2D eigenvalue weighted by Crippen LogP contribution is -2.20. The van der Waals surface area contributed by atoms with Crippen molar-refractivity contribution in [3.8, 4) is 11.4 Å². The first kappa shape index (κ1) is 16.0. The van der Waals surface area contributed by atoms with Crippen LogP contribution in [0.2, 0.25) is 0 Å². The molecule has 0 saturated carbocycles. The van der Waals surface area contributed by atoms with E-state index in [-0.39, 0.29) is 5.82 Å². The Morgan fingerprint density at radius 1 is 1.19 bits per heavy atom. The van der Waals surface area contributed by atoms with E-state index in [0.717, 1.165) is 17.9 Å². The van der Waals surface area contributed by atoms with Crippen LogP contribution in [0.15, 0.2) is 28.7 Å². The fourth-order valence-corrected chi connectivity index (χ4v) is 2.49. The van der Waals surface area contributed by atoms with Crippen molar-refractivity contribution in [2.75, 3.05) is 6.54 Å². The zero-order valence-corrected chi connectivity index (χ0v) is 14.0. The second kappa shape index (κ2) is 7.09. The lowest BCUT2D eigenvalue weighted by Gasteiger charge is -2.09. The molecule has 1 N–H and O–H groups in total. The monoisotopic (exact) mass is 351 g/mol. The smallest absolute Gasteiger partial charge is 0.159 e. The van der Waals surface area contributed by atoms with E-state index in [2.05, 4.69) is 45.1 Å². The Hall–Kier alpha value is -1.33. The highest BCUT2D eigenvalue weighted by molar-refractivity contribution is 9.10. The van der Waals surface area contributed by atoms with Gasteiger partial charge in [0.1, 0.15) is 5.82 Å². The average Bonchev–Trinajstić information content (AvgIpc) is 2.36. The molecule has 3 nitrogen and oxygen atoms in total. The van der Waals surface area contributed by atoms with Crippen LogP contribution in [0.25, 0.3) is 11.4 Å². The minimum atomic E-state index is -0.302. The van der Waals surface area contributed by atoms with Gasteiger partial charge in [0.05, 0.1) is 5.69 Å². The summed E-state index contributed by atoms with van der Waals surface area (Å²) in [6.45, 7) is 7.86. The summed E-state index contributed by atoms with van der Waals surface area (Å²) in [5.74, 6) is 0.840. The van der Waals surface area contributed by atoms with Gasteiger partial charge in [-0.1, -0.05) is 29.8 Å². The molecular weight excluding hydrogens is 333 g/mol. The number of halogens is 2. The van der Waals surface area contributed by atoms with Crippen LogP contribution in [0.5, 0.6) is 0 Å². The van der Waals surface area contributed by atoms with Crippen LogP contribution >= 0.6 is 15.9 Å². The maximum Gasteiger partial charge on any atom is 0.159 e. The normalized spacial score (nSPS) is 11.1. The summed E-state index contributed by atoms with van der Waals surface area (Å²) in [5, 5.41) is 3.36. The van der Waals surface area contributed by atoms with Crippen LogP contribution in [0.1, 0.15) is 25.2 Å². The average molecular weight is 352 g/mol. The van der Waals surface area contributed by atoms with Crippen molar-refractivity contribution in [3.63, 3.8) is 0 Å². The molecule has 0 radical (unpaired) electrons. The molecule has 0 aliphatic heterocycles. The highest BCUT2D eigenvalue weighted by atomic mass is 79.9. The minimum Gasteiger partial charge on any atom is -0.311 e. The lowest BCUT2D eigenvalue weighted by atomic mass is 10.2. The fourth-order valence-electron chi connectivity index (χ4n) is 2.03. The number of rotatable bonds is 5. The Labute approximate surface area is 133 Å². The van der Waals surface area contributed by atoms with Crippen molar-refractivity contribution in [1.29, 1.82) is 0 Å². The molecular formula is C16H19BrFN3. The third-order valence-electron chi connectivity index (χ3n) is 2.89. The van der Waals surface area contributed by atoms with Gasteiger partial charge in [-0.3, -0.25) is 0 Å². The van der Waals surface area contributed by atoms with E-state index in [0.29, 0.717) is 28.3 Å². The third kappa shape index (κ3) is 4.86. The molecule has 21 heavy (non-hydrogen) atoms. The van der Waals surface area contributed by atoms with E-state index in [1.165, 1.54) is 12.1 Å². The van der Waals surface area contributed by atoms with Gasteiger partial charge < -0.3 is 5.32 Å². The first-order valence-electron chi connectivity index (χ1n) is 6.96. The standard InChI is InChI=1S/C16H19BrFN3/c1-10(2)8-19-9-15-4-11(3)20-16(21-15)12-5-13(17)7-14(18)6-12/h4-7,10,19H,8-9H2,1-3H3. The van der Waals surface area contributed by atoms with E-state index >= 15 is 0 Å². The Balaban J connectivity index is 2.25. The Morgan fingerprint density at radius 3 is 2.62 bits per heavy atom. The molecule has 0 fully saturated rings. The molecule has 5 heteroatoms. The van der Waals surface area contributed by atoms with Gasteiger partial charge in [-0.25, -0.2) is 14.4 Å². The Morgan fingerprint density at radius 2 is 1.95 bits per heavy atom. The molecule has 0 spiro atoms. The van der Waals surface area contributed by atoms with E-state index in [9.17, 15) is 4.39 Å². The van der Waals surface area contributed by atoms with Crippen LogP contribution < -0.4 is 5.32 Å². The molecule has 0 aliphatic rings. The summed E-state index contributed by atoms with van der Waals surface area (Å²) in [7, 11) is 0. The lowest BCUT2D eigenvalue weighted by molar-refractivity contribution is 0.548. The van der Waals surface area contributed by atoms with Gasteiger partial charge in [0.15, 0.2) is 5.82 Å². The van der Waals surface area contributed by atoms with Gasteiger partial charge in [-0.2, -0.15) is 0 Å². The highest BCUT2D eigenvalue weighted by Gasteiger charge is 2.08. The topological polar surface area (TPSA) is 37.8 Å². The highest BCUT2D eigenvalue weighted by Crippen LogP contribution is 2.22. The molecule has 0 amide bonds. The molecule has 0 saturated heterocycles. The quantitative estimate of drug-likeness (QED) is 0.881. The fraction of sp³-hybridized carbons (Fsp3) is 0.375. The Bertz CT molecular complexity index is 609. The first-order chi connectivity index (χ1) is 9.94. The minimum absolute atomic E-state index is 0.302. The summed E-state index contributed by atoms with van der Waals surface area (Å²) in [4.78, 5) is 8.92. The molecule has 0 atom stereocenters. The SMILES string of the molecule is Cc1cc(CNCC(C)C)nc(-c2cc(F)cc(Br)c2)n1. The summed E-state index contributed by atoms with van der Waals surface area (Å²) < 4.78 is 14.2. The molecule has 2 rings (SSSR count). The number of hydrogen-bond acceptors (Lipinski definition) is 3. The van der Waals surface area contributed by atoms with E-state index < -0.39 is 0 Å². The number of aromatic nitrogens is 2. The molecule has 1 heterocycles. The molecule has 2 aromatic rings. The van der Waals surface area contributed by atoms with Crippen molar-refractivity contribution < 1.29 is 4.39 Å². The van der Waals surface area contributed by atoms with Gasteiger partial charge in [-0.05, 0) is 43.7 Å². The first-order valence-corrected chi connectivity index (χ1v) is 7.75. The number of nitrogens with zero attached hydrogens (tertiary/aromatic N) is 2. The summed E-state index contributed by atoms with van der Waals surface area (Å²) in [6.07, 6.45) is 0. The second-order valence-corrected chi connectivity index (χ2v) is 6.42. The van der Waals surface area contributed by atoms with Crippen molar-refractivity contribution in [2.45, 2.75) is 27.3 Å². The number of aryl methyl sites for hydroxylation is 1.